The second kappa shape index (κ2) is 35.2. The molecule has 0 radical (unpaired) electrons. The van der Waals surface area contributed by atoms with Gasteiger partial charge >= 0.3 is 0 Å². The van der Waals surface area contributed by atoms with E-state index in [1.807, 2.05) is 0 Å². The third kappa shape index (κ3) is 31.2. The molecule has 0 aliphatic carbocycles. The molecule has 1 atom stereocenters. The molecule has 1 unspecified atom stereocenters. The van der Waals surface area contributed by atoms with Crippen molar-refractivity contribution in [1.82, 2.24) is 4.90 Å². The quantitative estimate of drug-likeness (QED) is 0.0508. The van der Waals surface area contributed by atoms with Crippen molar-refractivity contribution in [2.45, 2.75) is 232 Å². The van der Waals surface area contributed by atoms with Crippen LogP contribution in [0.15, 0.2) is 0 Å². The molecule has 0 aromatic heterocycles. The fourth-order valence-electron chi connectivity index (χ4n) is 6.24. The van der Waals surface area contributed by atoms with Gasteiger partial charge in [0.25, 0.3) is 6.43 Å². The zero-order valence-corrected chi connectivity index (χ0v) is 28.8. The third-order valence-corrected chi connectivity index (χ3v) is 9.15. The Balaban J connectivity index is 3.58. The molecule has 254 valence electrons. The summed E-state index contributed by atoms with van der Waals surface area (Å²) in [5, 5.41) is 0. The fraction of sp³-hybridized carbons (Fsp3) is 1.00. The van der Waals surface area contributed by atoms with Gasteiger partial charge in [-0.05, 0) is 12.8 Å². The average molecular weight is 604 g/mol. The maximum absolute atomic E-state index is 14.2. The van der Waals surface area contributed by atoms with Crippen molar-refractivity contribution in [2.75, 3.05) is 13.1 Å². The molecule has 0 saturated heterocycles. The van der Waals surface area contributed by atoms with Crippen LogP contribution in [0.3, 0.4) is 0 Å². The molecule has 0 N–H and O–H groups in total. The van der Waals surface area contributed by atoms with Gasteiger partial charge in [0.2, 0.25) is 6.30 Å². The number of hydrogen-bond donors (Lipinski definition) is 0. The minimum atomic E-state index is -2.90. The standard InChI is InChI=1S/C38H76F3N/c1-3-5-7-9-11-13-15-17-19-21-23-25-27-29-31-33-35-42(38(41)37(39)40)36-34-32-30-28-26-24-22-20-18-16-14-12-10-8-6-4-2/h37-38H,3-36H2,1-2H3. The predicted octanol–water partition coefficient (Wildman–Crippen LogP) is 14.4. The van der Waals surface area contributed by atoms with Crippen LogP contribution in [0.2, 0.25) is 0 Å². The number of alkyl halides is 3. The molecule has 0 aliphatic heterocycles. The number of nitrogens with zero attached hydrogens (tertiary/aromatic N) is 1. The molecule has 4 heteroatoms. The molecule has 0 heterocycles. The first-order valence-electron chi connectivity index (χ1n) is 19.3. The van der Waals surface area contributed by atoms with Crippen molar-refractivity contribution >= 4 is 0 Å². The lowest BCUT2D eigenvalue weighted by molar-refractivity contribution is -0.0499. The molecule has 0 rings (SSSR count). The van der Waals surface area contributed by atoms with Gasteiger partial charge in [-0.1, -0.05) is 206 Å². The summed E-state index contributed by atoms with van der Waals surface area (Å²) in [7, 11) is 0. The lowest BCUT2D eigenvalue weighted by atomic mass is 10.0. The van der Waals surface area contributed by atoms with Gasteiger partial charge < -0.3 is 0 Å². The number of halogens is 3. The van der Waals surface area contributed by atoms with E-state index < -0.39 is 12.7 Å². The lowest BCUT2D eigenvalue weighted by Gasteiger charge is -2.25. The van der Waals surface area contributed by atoms with Crippen molar-refractivity contribution in [3.05, 3.63) is 0 Å². The van der Waals surface area contributed by atoms with Crippen LogP contribution in [0, 0.1) is 0 Å². The monoisotopic (exact) mass is 604 g/mol. The highest BCUT2D eigenvalue weighted by Crippen LogP contribution is 2.18. The Morgan fingerprint density at radius 3 is 0.690 bits per heavy atom. The normalized spacial score (nSPS) is 12.6. The first kappa shape index (κ1) is 41.8. The van der Waals surface area contributed by atoms with Crippen LogP contribution in [0.4, 0.5) is 13.2 Å². The highest BCUT2D eigenvalue weighted by Gasteiger charge is 2.26. The molecule has 0 aliphatic rings. The largest absolute Gasteiger partial charge is 0.282 e. The zero-order chi connectivity index (χ0) is 30.8. The van der Waals surface area contributed by atoms with Crippen LogP contribution in [0.5, 0.6) is 0 Å². The molecular formula is C38H76F3N. The topological polar surface area (TPSA) is 3.24 Å². The first-order chi connectivity index (χ1) is 20.6. The minimum Gasteiger partial charge on any atom is -0.269 e. The van der Waals surface area contributed by atoms with Crippen molar-refractivity contribution in [3.63, 3.8) is 0 Å². The van der Waals surface area contributed by atoms with Crippen LogP contribution in [0.25, 0.3) is 0 Å². The van der Waals surface area contributed by atoms with Gasteiger partial charge in [-0.25, -0.2) is 13.2 Å². The van der Waals surface area contributed by atoms with E-state index in [1.54, 1.807) is 0 Å². The summed E-state index contributed by atoms with van der Waals surface area (Å²) in [6.45, 7) is 5.49. The van der Waals surface area contributed by atoms with Gasteiger partial charge in [0.1, 0.15) is 0 Å². The number of rotatable bonds is 36. The van der Waals surface area contributed by atoms with Crippen molar-refractivity contribution < 1.29 is 13.2 Å². The molecule has 42 heavy (non-hydrogen) atoms. The summed E-state index contributed by atoms with van der Waals surface area (Å²) in [6, 6.07) is 0. The van der Waals surface area contributed by atoms with Gasteiger partial charge in [0.05, 0.1) is 0 Å². The Kier molecular flexibility index (Phi) is 35.0. The smallest absolute Gasteiger partial charge is 0.269 e. The van der Waals surface area contributed by atoms with E-state index in [2.05, 4.69) is 13.8 Å². The second-order valence-electron chi connectivity index (χ2n) is 13.3. The van der Waals surface area contributed by atoms with E-state index in [-0.39, 0.29) is 0 Å². The average Bonchev–Trinajstić information content (AvgIpc) is 2.99. The lowest BCUT2D eigenvalue weighted by Crippen LogP contribution is -2.38. The molecule has 0 aromatic carbocycles. The van der Waals surface area contributed by atoms with E-state index >= 15 is 0 Å². The summed E-state index contributed by atoms with van der Waals surface area (Å²) in [5.74, 6) is 0. The van der Waals surface area contributed by atoms with Crippen LogP contribution < -0.4 is 0 Å². The van der Waals surface area contributed by atoms with Crippen molar-refractivity contribution in [1.29, 1.82) is 0 Å². The van der Waals surface area contributed by atoms with Gasteiger partial charge in [-0.3, -0.25) is 4.90 Å². The summed E-state index contributed by atoms with van der Waals surface area (Å²) < 4.78 is 40.3. The Bertz CT molecular complexity index is 451. The Morgan fingerprint density at radius 2 is 0.500 bits per heavy atom. The van der Waals surface area contributed by atoms with E-state index in [4.69, 9.17) is 0 Å². The molecule has 0 aromatic rings. The summed E-state index contributed by atoms with van der Waals surface area (Å²) in [6.07, 6.45) is 36.4. The Labute approximate surface area is 262 Å². The van der Waals surface area contributed by atoms with Crippen molar-refractivity contribution in [3.8, 4) is 0 Å². The van der Waals surface area contributed by atoms with Gasteiger partial charge in [0, 0.05) is 13.1 Å². The molecule has 0 amide bonds. The third-order valence-electron chi connectivity index (χ3n) is 9.15. The molecule has 0 fully saturated rings. The fourth-order valence-corrected chi connectivity index (χ4v) is 6.24. The van der Waals surface area contributed by atoms with Crippen molar-refractivity contribution in [2.24, 2.45) is 0 Å². The predicted molar refractivity (Wildman–Crippen MR) is 182 cm³/mol. The summed E-state index contributed by atoms with van der Waals surface area (Å²) in [4.78, 5) is 1.41. The molecular weight excluding hydrogens is 527 g/mol. The van der Waals surface area contributed by atoms with E-state index in [0.717, 1.165) is 38.5 Å². The molecule has 0 saturated carbocycles. The molecule has 1 nitrogen and oxygen atoms in total. The maximum Gasteiger partial charge on any atom is 0.282 e. The molecule has 0 bridgehead atoms. The van der Waals surface area contributed by atoms with E-state index in [9.17, 15) is 13.2 Å². The highest BCUT2D eigenvalue weighted by molar-refractivity contribution is 4.65. The number of hydrogen-bond acceptors (Lipinski definition) is 1. The minimum absolute atomic E-state index is 0.475. The van der Waals surface area contributed by atoms with Gasteiger partial charge in [-0.2, -0.15) is 0 Å². The summed E-state index contributed by atoms with van der Waals surface area (Å²) in [5.41, 5.74) is 0. The number of unbranched alkanes of at least 4 members (excludes halogenated alkanes) is 30. The maximum atomic E-state index is 14.2. The zero-order valence-electron chi connectivity index (χ0n) is 28.8. The van der Waals surface area contributed by atoms with E-state index in [1.165, 1.54) is 172 Å². The SMILES string of the molecule is CCCCCCCCCCCCCCCCCCN(CCCCCCCCCCCCCCCCCC)C(F)C(F)F. The second-order valence-corrected chi connectivity index (χ2v) is 13.3. The summed E-state index contributed by atoms with van der Waals surface area (Å²) >= 11 is 0. The van der Waals surface area contributed by atoms with Crippen LogP contribution >= 0.6 is 0 Å². The van der Waals surface area contributed by atoms with E-state index in [0.29, 0.717) is 13.1 Å². The molecule has 0 spiro atoms. The first-order valence-corrected chi connectivity index (χ1v) is 19.3. The Hall–Kier alpha value is -0.250. The van der Waals surface area contributed by atoms with Crippen LogP contribution in [-0.4, -0.2) is 30.7 Å². The highest BCUT2D eigenvalue weighted by atomic mass is 19.3. The van der Waals surface area contributed by atoms with Gasteiger partial charge in [0.15, 0.2) is 0 Å². The van der Waals surface area contributed by atoms with Crippen LogP contribution in [-0.2, 0) is 0 Å². The van der Waals surface area contributed by atoms with Crippen LogP contribution in [0.1, 0.15) is 219 Å². The van der Waals surface area contributed by atoms with Gasteiger partial charge in [-0.15, -0.1) is 0 Å². The Morgan fingerprint density at radius 1 is 0.310 bits per heavy atom.